The smallest absolute Gasteiger partial charge is 0.107 e. The van der Waals surface area contributed by atoms with Crippen molar-refractivity contribution >= 4 is 23.4 Å². The Balaban J connectivity index is 2.21. The molecular formula is C12H9NS. The van der Waals surface area contributed by atoms with Gasteiger partial charge in [0.05, 0.1) is 5.55 Å². The van der Waals surface area contributed by atoms with Gasteiger partial charge in [0.15, 0.2) is 0 Å². The van der Waals surface area contributed by atoms with Gasteiger partial charge in [-0.15, -0.1) is 0 Å². The van der Waals surface area contributed by atoms with Gasteiger partial charge in [0.2, 0.25) is 0 Å². The van der Waals surface area contributed by atoms with Gasteiger partial charge in [-0.05, 0) is 17.2 Å². The van der Waals surface area contributed by atoms with Crippen molar-refractivity contribution in [3.63, 3.8) is 0 Å². The first-order valence-electron chi connectivity index (χ1n) is 4.60. The Labute approximate surface area is 87.2 Å². The molecule has 0 saturated carbocycles. The third kappa shape index (κ3) is 1.15. The van der Waals surface area contributed by atoms with Crippen LogP contribution < -0.4 is 0 Å². The van der Waals surface area contributed by atoms with E-state index in [9.17, 15) is 0 Å². The van der Waals surface area contributed by atoms with Gasteiger partial charge in [0.1, 0.15) is 6.04 Å². The van der Waals surface area contributed by atoms with E-state index in [1.807, 2.05) is 5.55 Å². The highest BCUT2D eigenvalue weighted by Crippen LogP contribution is 2.40. The van der Waals surface area contributed by atoms with Crippen molar-refractivity contribution in [2.75, 3.05) is 0 Å². The summed E-state index contributed by atoms with van der Waals surface area (Å²) in [7, 11) is 0. The van der Waals surface area contributed by atoms with Gasteiger partial charge in [0.25, 0.3) is 0 Å². The minimum absolute atomic E-state index is 0.242. The van der Waals surface area contributed by atoms with Crippen LogP contribution in [0.5, 0.6) is 0 Å². The van der Waals surface area contributed by atoms with Gasteiger partial charge < -0.3 is 0 Å². The third-order valence-corrected chi connectivity index (χ3v) is 3.35. The molecule has 14 heavy (non-hydrogen) atoms. The molecule has 0 saturated heterocycles. The van der Waals surface area contributed by atoms with E-state index in [4.69, 9.17) is 0 Å². The Bertz CT molecular complexity index is 457. The van der Waals surface area contributed by atoms with E-state index in [0.29, 0.717) is 0 Å². The molecule has 0 aromatic heterocycles. The first kappa shape index (κ1) is 8.06. The Morgan fingerprint density at radius 2 is 2.14 bits per heavy atom. The molecule has 0 radical (unpaired) electrons. The predicted molar refractivity (Wildman–Crippen MR) is 62.4 cm³/mol. The Kier molecular flexibility index (Phi) is 1.81. The van der Waals surface area contributed by atoms with Crippen LogP contribution in [0, 0.1) is 0 Å². The summed E-state index contributed by atoms with van der Waals surface area (Å²) in [6.07, 6.45) is 6.41. The minimum atomic E-state index is 0.242. The lowest BCUT2D eigenvalue weighted by Gasteiger charge is -2.10. The van der Waals surface area contributed by atoms with Crippen LogP contribution in [0.15, 0.2) is 46.3 Å². The first-order valence-corrected chi connectivity index (χ1v) is 5.48. The molecule has 0 amide bonds. The lowest BCUT2D eigenvalue weighted by atomic mass is 10.0. The van der Waals surface area contributed by atoms with Crippen LogP contribution in [0.2, 0.25) is 0 Å². The van der Waals surface area contributed by atoms with E-state index >= 15 is 0 Å². The van der Waals surface area contributed by atoms with Crippen molar-refractivity contribution in [3.8, 4) is 0 Å². The van der Waals surface area contributed by atoms with Gasteiger partial charge >= 0.3 is 0 Å². The molecule has 0 spiro atoms. The Morgan fingerprint density at radius 3 is 3.14 bits per heavy atom. The van der Waals surface area contributed by atoms with E-state index in [-0.39, 0.29) is 6.04 Å². The molecule has 0 fully saturated rings. The molecule has 2 aliphatic rings. The topological polar surface area (TPSA) is 12.4 Å². The molecule has 1 unspecified atom stereocenters. The lowest BCUT2D eigenvalue weighted by Crippen LogP contribution is -1.94. The van der Waals surface area contributed by atoms with Gasteiger partial charge in [-0.25, -0.2) is 0 Å². The highest BCUT2D eigenvalue weighted by molar-refractivity contribution is 8.15. The van der Waals surface area contributed by atoms with Crippen LogP contribution in [0.4, 0.5) is 0 Å². The number of hydrogen-bond donors (Lipinski definition) is 0. The monoisotopic (exact) mass is 199 g/mol. The second kappa shape index (κ2) is 3.14. The molecule has 0 bridgehead atoms. The molecule has 1 aromatic carbocycles. The summed E-state index contributed by atoms with van der Waals surface area (Å²) in [6, 6.07) is 8.69. The molecule has 1 heterocycles. The van der Waals surface area contributed by atoms with E-state index < -0.39 is 0 Å². The summed E-state index contributed by atoms with van der Waals surface area (Å²) in [4.78, 5) is 5.81. The average molecular weight is 199 g/mol. The molecule has 68 valence electrons. The fourth-order valence-corrected chi connectivity index (χ4v) is 2.59. The SMILES string of the molecule is C1=Cc2ccccc2C2N=CSC2=C1. The standard InChI is InChI=1S/C12H9NS/c1-2-6-10-9(4-1)5-3-7-11-12(10)13-8-14-11/h1-8,12H. The van der Waals surface area contributed by atoms with Gasteiger partial charge in [0, 0.05) is 4.91 Å². The molecule has 0 N–H and O–H groups in total. The molecular weight excluding hydrogens is 190 g/mol. The number of fused-ring (bicyclic) bond motifs is 3. The summed E-state index contributed by atoms with van der Waals surface area (Å²) in [5.74, 6) is 0. The Hall–Kier alpha value is -1.28. The maximum atomic E-state index is 4.49. The number of hydrogen-bond acceptors (Lipinski definition) is 2. The van der Waals surface area contributed by atoms with Crippen LogP contribution in [0.1, 0.15) is 17.2 Å². The predicted octanol–water partition coefficient (Wildman–Crippen LogP) is 3.41. The maximum absolute atomic E-state index is 4.49. The second-order valence-corrected chi connectivity index (χ2v) is 4.25. The molecule has 1 nitrogen and oxygen atoms in total. The summed E-state index contributed by atoms with van der Waals surface area (Å²) >= 11 is 1.72. The molecule has 3 rings (SSSR count). The first-order chi connectivity index (χ1) is 6.95. The summed E-state index contributed by atoms with van der Waals surface area (Å²) in [6.45, 7) is 0. The van der Waals surface area contributed by atoms with E-state index in [1.165, 1.54) is 16.0 Å². The number of benzene rings is 1. The van der Waals surface area contributed by atoms with Crippen molar-refractivity contribution in [1.82, 2.24) is 0 Å². The number of nitrogens with zero attached hydrogens (tertiary/aromatic N) is 1. The van der Waals surface area contributed by atoms with Gasteiger partial charge in [-0.1, -0.05) is 48.2 Å². The van der Waals surface area contributed by atoms with Crippen molar-refractivity contribution in [3.05, 3.63) is 52.4 Å². The van der Waals surface area contributed by atoms with Gasteiger partial charge in [-0.3, -0.25) is 4.99 Å². The summed E-state index contributed by atoms with van der Waals surface area (Å²) in [5.41, 5.74) is 4.53. The van der Waals surface area contributed by atoms with Crippen molar-refractivity contribution in [2.24, 2.45) is 4.99 Å². The molecule has 1 aromatic rings. The number of thioether (sulfide) groups is 1. The highest BCUT2D eigenvalue weighted by atomic mass is 32.2. The van der Waals surface area contributed by atoms with E-state index in [1.54, 1.807) is 11.8 Å². The number of aliphatic imine (C=N–C) groups is 1. The van der Waals surface area contributed by atoms with Crippen molar-refractivity contribution in [2.45, 2.75) is 6.04 Å². The van der Waals surface area contributed by atoms with Crippen LogP contribution in [-0.2, 0) is 0 Å². The highest BCUT2D eigenvalue weighted by Gasteiger charge is 2.22. The van der Waals surface area contributed by atoms with Crippen LogP contribution in [0.3, 0.4) is 0 Å². The normalized spacial score (nSPS) is 22.6. The molecule has 1 atom stereocenters. The largest absolute Gasteiger partial charge is 0.273 e. The maximum Gasteiger partial charge on any atom is 0.107 e. The zero-order valence-corrected chi connectivity index (χ0v) is 8.37. The average Bonchev–Trinajstić information content (AvgIpc) is 2.61. The van der Waals surface area contributed by atoms with E-state index in [2.05, 4.69) is 47.5 Å². The zero-order valence-electron chi connectivity index (χ0n) is 7.55. The molecule has 2 heteroatoms. The van der Waals surface area contributed by atoms with E-state index in [0.717, 1.165) is 0 Å². The Morgan fingerprint density at radius 1 is 1.21 bits per heavy atom. The minimum Gasteiger partial charge on any atom is -0.273 e. The third-order valence-electron chi connectivity index (χ3n) is 2.50. The quantitative estimate of drug-likeness (QED) is 0.623. The fraction of sp³-hybridized carbons (Fsp3) is 0.0833. The molecule has 1 aliphatic carbocycles. The van der Waals surface area contributed by atoms with Crippen LogP contribution in [-0.4, -0.2) is 5.55 Å². The van der Waals surface area contributed by atoms with Gasteiger partial charge in [-0.2, -0.15) is 0 Å². The number of rotatable bonds is 0. The van der Waals surface area contributed by atoms with Crippen molar-refractivity contribution < 1.29 is 0 Å². The summed E-state index contributed by atoms with van der Waals surface area (Å²) < 4.78 is 0. The second-order valence-electron chi connectivity index (χ2n) is 3.33. The summed E-state index contributed by atoms with van der Waals surface area (Å²) in [5, 5.41) is 0. The molecule has 1 aliphatic heterocycles. The lowest BCUT2D eigenvalue weighted by molar-refractivity contribution is 0.915. The number of allylic oxidation sites excluding steroid dienone is 2. The van der Waals surface area contributed by atoms with Crippen LogP contribution >= 0.6 is 11.8 Å². The van der Waals surface area contributed by atoms with Crippen molar-refractivity contribution in [1.29, 1.82) is 0 Å². The zero-order chi connectivity index (χ0) is 9.38. The van der Waals surface area contributed by atoms with Crippen LogP contribution in [0.25, 0.3) is 6.08 Å². The fourth-order valence-electron chi connectivity index (χ4n) is 1.81.